The van der Waals surface area contributed by atoms with Crippen molar-refractivity contribution in [2.24, 2.45) is 5.41 Å². The number of hydrogen-bond donors (Lipinski definition) is 0. The molecule has 3 heteroatoms. The average Bonchev–Trinajstić information content (AvgIpc) is 2.25. The van der Waals surface area contributed by atoms with Gasteiger partial charge < -0.3 is 9.80 Å². The monoisotopic (exact) mass is 212 g/mol. The number of rotatable bonds is 0. The van der Waals surface area contributed by atoms with Gasteiger partial charge in [0.25, 0.3) is 0 Å². The molecule has 1 atom stereocenters. The summed E-state index contributed by atoms with van der Waals surface area (Å²) in [5.74, 6) is 0. The number of likely N-dealkylation sites (N-methyl/N-ethyl adjacent to an activating group) is 1. The second kappa shape index (κ2) is 3.39. The molecule has 2 amide bonds. The summed E-state index contributed by atoms with van der Waals surface area (Å²) < 4.78 is 0. The van der Waals surface area contributed by atoms with E-state index < -0.39 is 0 Å². The second-order valence-corrected chi connectivity index (χ2v) is 6.59. The van der Waals surface area contributed by atoms with Crippen LogP contribution < -0.4 is 0 Å². The van der Waals surface area contributed by atoms with Crippen LogP contribution in [0, 0.1) is 5.41 Å². The smallest absolute Gasteiger partial charge is 0.320 e. The molecule has 1 rings (SSSR count). The Balaban J connectivity index is 3.04. The standard InChI is InChI=1S/C12H24N2O/c1-11(2,3)9-8-13(7)10(15)14(9)12(4,5)6/h9H,8H2,1-7H3. The predicted octanol–water partition coefficient (Wildman–Crippen LogP) is 2.57. The molecule has 0 saturated carbocycles. The molecule has 88 valence electrons. The Morgan fingerprint density at radius 3 is 1.87 bits per heavy atom. The lowest BCUT2D eigenvalue weighted by Gasteiger charge is -2.41. The van der Waals surface area contributed by atoms with E-state index in [0.717, 1.165) is 6.54 Å². The van der Waals surface area contributed by atoms with Gasteiger partial charge in [-0.05, 0) is 26.2 Å². The third kappa shape index (κ3) is 2.27. The van der Waals surface area contributed by atoms with Crippen molar-refractivity contribution < 1.29 is 4.79 Å². The maximum absolute atomic E-state index is 12.1. The van der Waals surface area contributed by atoms with Gasteiger partial charge in [0.1, 0.15) is 0 Å². The van der Waals surface area contributed by atoms with E-state index in [1.165, 1.54) is 0 Å². The van der Waals surface area contributed by atoms with Gasteiger partial charge in [-0.3, -0.25) is 0 Å². The van der Waals surface area contributed by atoms with E-state index in [9.17, 15) is 4.79 Å². The van der Waals surface area contributed by atoms with E-state index in [1.54, 1.807) is 0 Å². The summed E-state index contributed by atoms with van der Waals surface area (Å²) >= 11 is 0. The zero-order valence-corrected chi connectivity index (χ0v) is 11.1. The highest BCUT2D eigenvalue weighted by molar-refractivity contribution is 5.77. The second-order valence-electron chi connectivity index (χ2n) is 6.59. The Morgan fingerprint density at radius 2 is 1.60 bits per heavy atom. The van der Waals surface area contributed by atoms with Gasteiger partial charge >= 0.3 is 6.03 Å². The number of amides is 2. The molecule has 0 aliphatic carbocycles. The first-order valence-corrected chi connectivity index (χ1v) is 5.59. The van der Waals surface area contributed by atoms with Crippen molar-refractivity contribution in [2.75, 3.05) is 13.6 Å². The van der Waals surface area contributed by atoms with Crippen LogP contribution in [0.25, 0.3) is 0 Å². The van der Waals surface area contributed by atoms with E-state index in [-0.39, 0.29) is 17.0 Å². The quantitative estimate of drug-likeness (QED) is 0.605. The SMILES string of the molecule is CN1CC(C(C)(C)C)N(C(C)(C)C)C1=O. The van der Waals surface area contributed by atoms with Crippen molar-refractivity contribution in [1.29, 1.82) is 0 Å². The molecule has 1 aliphatic heterocycles. The van der Waals surface area contributed by atoms with Gasteiger partial charge in [-0.15, -0.1) is 0 Å². The first kappa shape index (κ1) is 12.3. The topological polar surface area (TPSA) is 23.6 Å². The Hall–Kier alpha value is -0.730. The Bertz CT molecular complexity index is 260. The predicted molar refractivity (Wildman–Crippen MR) is 62.9 cm³/mol. The van der Waals surface area contributed by atoms with Crippen LogP contribution in [0.15, 0.2) is 0 Å². The largest absolute Gasteiger partial charge is 0.326 e. The number of nitrogens with zero attached hydrogens (tertiary/aromatic N) is 2. The maximum Gasteiger partial charge on any atom is 0.320 e. The molecule has 0 aromatic heterocycles. The summed E-state index contributed by atoms with van der Waals surface area (Å²) in [6.45, 7) is 13.7. The first-order chi connectivity index (χ1) is 6.55. The van der Waals surface area contributed by atoms with Crippen LogP contribution in [0.1, 0.15) is 41.5 Å². The molecule has 15 heavy (non-hydrogen) atoms. The van der Waals surface area contributed by atoms with Crippen molar-refractivity contribution in [2.45, 2.75) is 53.1 Å². The normalized spacial score (nSPS) is 23.9. The summed E-state index contributed by atoms with van der Waals surface area (Å²) in [4.78, 5) is 15.9. The third-order valence-corrected chi connectivity index (χ3v) is 3.01. The highest BCUT2D eigenvalue weighted by Gasteiger charge is 2.46. The summed E-state index contributed by atoms with van der Waals surface area (Å²) in [5.41, 5.74) is 0.0352. The number of urea groups is 1. The molecule has 1 saturated heterocycles. The molecule has 0 spiro atoms. The van der Waals surface area contributed by atoms with E-state index in [0.29, 0.717) is 6.04 Å². The minimum Gasteiger partial charge on any atom is -0.326 e. The fourth-order valence-electron chi connectivity index (χ4n) is 2.15. The molecular weight excluding hydrogens is 188 g/mol. The molecule has 3 nitrogen and oxygen atoms in total. The van der Waals surface area contributed by atoms with Crippen LogP contribution in [0.2, 0.25) is 0 Å². The Labute approximate surface area is 93.4 Å². The van der Waals surface area contributed by atoms with Crippen molar-refractivity contribution in [3.63, 3.8) is 0 Å². The van der Waals surface area contributed by atoms with E-state index in [1.807, 2.05) is 16.8 Å². The fourth-order valence-corrected chi connectivity index (χ4v) is 2.15. The van der Waals surface area contributed by atoms with Gasteiger partial charge in [0.05, 0.1) is 6.04 Å². The number of carbonyl (C=O) groups is 1. The van der Waals surface area contributed by atoms with Crippen LogP contribution in [0.4, 0.5) is 4.79 Å². The van der Waals surface area contributed by atoms with Gasteiger partial charge in [0, 0.05) is 19.1 Å². The molecule has 1 aliphatic rings. The van der Waals surface area contributed by atoms with Crippen LogP contribution >= 0.6 is 0 Å². The van der Waals surface area contributed by atoms with E-state index >= 15 is 0 Å². The molecular formula is C12H24N2O. The van der Waals surface area contributed by atoms with Crippen molar-refractivity contribution in [1.82, 2.24) is 9.80 Å². The molecule has 1 heterocycles. The molecule has 0 aromatic carbocycles. The number of carbonyl (C=O) groups excluding carboxylic acids is 1. The maximum atomic E-state index is 12.1. The summed E-state index contributed by atoms with van der Waals surface area (Å²) in [6, 6.07) is 0.456. The molecule has 0 bridgehead atoms. The van der Waals surface area contributed by atoms with Gasteiger partial charge in [-0.2, -0.15) is 0 Å². The number of hydrogen-bond acceptors (Lipinski definition) is 1. The zero-order chi connectivity index (χ0) is 12.0. The summed E-state index contributed by atoms with van der Waals surface area (Å²) in [5, 5.41) is 0. The highest BCUT2D eigenvalue weighted by Crippen LogP contribution is 2.34. The molecule has 1 fully saturated rings. The summed E-state index contributed by atoms with van der Waals surface area (Å²) in [7, 11) is 1.88. The molecule has 0 N–H and O–H groups in total. The average molecular weight is 212 g/mol. The van der Waals surface area contributed by atoms with Crippen molar-refractivity contribution >= 4 is 6.03 Å². The molecule has 0 aromatic rings. The van der Waals surface area contributed by atoms with E-state index in [2.05, 4.69) is 41.5 Å². The lowest BCUT2D eigenvalue weighted by Crippen LogP contribution is -2.52. The van der Waals surface area contributed by atoms with Crippen LogP contribution in [-0.2, 0) is 0 Å². The Kier molecular flexibility index (Phi) is 2.79. The molecule has 0 radical (unpaired) electrons. The first-order valence-electron chi connectivity index (χ1n) is 5.59. The highest BCUT2D eigenvalue weighted by atomic mass is 16.2. The van der Waals surface area contributed by atoms with Gasteiger partial charge in [-0.1, -0.05) is 20.8 Å². The third-order valence-electron chi connectivity index (χ3n) is 3.01. The van der Waals surface area contributed by atoms with Crippen molar-refractivity contribution in [3.05, 3.63) is 0 Å². The van der Waals surface area contributed by atoms with Crippen LogP contribution in [0.5, 0.6) is 0 Å². The summed E-state index contributed by atoms with van der Waals surface area (Å²) in [6.07, 6.45) is 0. The Morgan fingerprint density at radius 1 is 1.13 bits per heavy atom. The van der Waals surface area contributed by atoms with E-state index in [4.69, 9.17) is 0 Å². The van der Waals surface area contributed by atoms with Crippen LogP contribution in [-0.4, -0.2) is 41.0 Å². The lowest BCUT2D eigenvalue weighted by atomic mass is 9.84. The lowest BCUT2D eigenvalue weighted by molar-refractivity contribution is 0.0876. The molecule has 1 unspecified atom stereocenters. The zero-order valence-electron chi connectivity index (χ0n) is 11.1. The van der Waals surface area contributed by atoms with Crippen molar-refractivity contribution in [3.8, 4) is 0 Å². The van der Waals surface area contributed by atoms with Gasteiger partial charge in [-0.25, -0.2) is 4.79 Å². The van der Waals surface area contributed by atoms with Gasteiger partial charge in [0.15, 0.2) is 0 Å². The minimum atomic E-state index is -0.0974. The van der Waals surface area contributed by atoms with Gasteiger partial charge in [0.2, 0.25) is 0 Å². The fraction of sp³-hybridized carbons (Fsp3) is 0.917. The van der Waals surface area contributed by atoms with Crippen LogP contribution in [0.3, 0.4) is 0 Å². The minimum absolute atomic E-state index is 0.0974.